The number of H-pyrrole nitrogens is 1. The van der Waals surface area contributed by atoms with Crippen LogP contribution in [-0.2, 0) is 6.42 Å². The number of hydrogen-bond donors (Lipinski definition) is 4. The molecule has 10 heteroatoms. The van der Waals surface area contributed by atoms with E-state index in [1.165, 1.54) is 21.1 Å². The first-order valence-electron chi connectivity index (χ1n) is 14.2. The molecule has 214 valence electrons. The Balaban J connectivity index is 1.20. The van der Waals surface area contributed by atoms with Crippen molar-refractivity contribution in [1.82, 2.24) is 24.6 Å². The van der Waals surface area contributed by atoms with E-state index in [-0.39, 0.29) is 23.2 Å². The van der Waals surface area contributed by atoms with Crippen LogP contribution in [0.2, 0.25) is 0 Å². The molecule has 2 aliphatic rings. The van der Waals surface area contributed by atoms with Crippen LogP contribution in [0.5, 0.6) is 11.5 Å². The van der Waals surface area contributed by atoms with Crippen LogP contribution < -0.4 is 5.69 Å². The molecular weight excluding hydrogens is 510 g/mol. The van der Waals surface area contributed by atoms with Crippen LogP contribution >= 0.6 is 0 Å². The minimum Gasteiger partial charge on any atom is -0.508 e. The maximum atomic E-state index is 12.7. The molecule has 3 heterocycles. The Kier molecular flexibility index (Phi) is 8.16. The van der Waals surface area contributed by atoms with Gasteiger partial charge in [-0.15, -0.1) is 0 Å². The first-order valence-corrected chi connectivity index (χ1v) is 14.2. The summed E-state index contributed by atoms with van der Waals surface area (Å²) in [5, 5.41) is 36.6. The number of aromatic nitrogens is 3. The normalized spacial score (nSPS) is 17.5. The lowest BCUT2D eigenvalue weighted by Crippen LogP contribution is -2.43. The van der Waals surface area contributed by atoms with Gasteiger partial charge in [0.15, 0.2) is 5.82 Å². The molecule has 2 saturated heterocycles. The lowest BCUT2D eigenvalue weighted by atomic mass is 9.89. The summed E-state index contributed by atoms with van der Waals surface area (Å²) in [6.07, 6.45) is 4.35. The molecule has 0 bridgehead atoms. The maximum Gasteiger partial charge on any atom is 0.407 e. The number of phenolic OH excluding ortho intramolecular Hbond substituents is 2. The molecule has 0 saturated carbocycles. The second kappa shape index (κ2) is 11.8. The molecule has 2 fully saturated rings. The fraction of sp³-hybridized carbons (Fsp3) is 0.500. The third-order valence-electron chi connectivity index (χ3n) is 8.51. The van der Waals surface area contributed by atoms with Gasteiger partial charge in [-0.3, -0.25) is 0 Å². The monoisotopic (exact) mass is 549 g/mol. The van der Waals surface area contributed by atoms with E-state index in [4.69, 9.17) is 5.11 Å². The number of phenols is 2. The van der Waals surface area contributed by atoms with Gasteiger partial charge in [0.25, 0.3) is 0 Å². The lowest BCUT2D eigenvalue weighted by Gasteiger charge is -2.37. The molecule has 3 aromatic rings. The number of nitrogens with zero attached hydrogens (tertiary/aromatic N) is 4. The standard InChI is InChI=1S/C30H39N5O5/c1-19(2)24-16-25(27(37)17-26(24)36)28-31-32-29(38)35(28)23-5-3-20(4-6-23)15-21-7-11-33(12-8-21)18-22-9-13-34(14-10-22)30(39)40/h3-6,16-17,19,21-22,36-37H,7-15,18H2,1-2H3,(H,32,38)(H,39,40). The molecule has 10 nitrogen and oxygen atoms in total. The van der Waals surface area contributed by atoms with Crippen LogP contribution in [0.25, 0.3) is 17.1 Å². The highest BCUT2D eigenvalue weighted by atomic mass is 16.4. The van der Waals surface area contributed by atoms with Gasteiger partial charge in [0.05, 0.1) is 11.3 Å². The SMILES string of the molecule is CC(C)c1cc(-c2n[nH]c(=O)n2-c2ccc(CC3CCN(CC4CCN(C(=O)O)CC4)CC3)cc2)c(O)cc1O. The summed E-state index contributed by atoms with van der Waals surface area (Å²) in [6, 6.07) is 10.9. The van der Waals surface area contributed by atoms with E-state index in [1.54, 1.807) is 6.07 Å². The predicted octanol–water partition coefficient (Wildman–Crippen LogP) is 4.41. The van der Waals surface area contributed by atoms with Crippen molar-refractivity contribution in [2.75, 3.05) is 32.7 Å². The Bertz CT molecular complexity index is 1380. The molecule has 1 amide bonds. The smallest absolute Gasteiger partial charge is 0.407 e. The molecule has 4 N–H and O–H groups in total. The van der Waals surface area contributed by atoms with E-state index in [0.717, 1.165) is 51.7 Å². The topological polar surface area (TPSA) is 135 Å². The maximum absolute atomic E-state index is 12.7. The molecule has 0 aliphatic carbocycles. The molecule has 2 aromatic carbocycles. The van der Waals surface area contributed by atoms with E-state index in [2.05, 4.69) is 27.2 Å². The van der Waals surface area contributed by atoms with E-state index in [0.29, 0.717) is 41.7 Å². The third-order valence-corrected chi connectivity index (χ3v) is 8.51. The van der Waals surface area contributed by atoms with Gasteiger partial charge in [-0.25, -0.2) is 19.3 Å². The van der Waals surface area contributed by atoms with Gasteiger partial charge in [0.1, 0.15) is 11.5 Å². The highest BCUT2D eigenvalue weighted by molar-refractivity contribution is 5.69. The van der Waals surface area contributed by atoms with Crippen molar-refractivity contribution in [3.05, 3.63) is 58.0 Å². The number of aromatic hydroxyl groups is 2. The summed E-state index contributed by atoms with van der Waals surface area (Å²) in [6.45, 7) is 8.40. The van der Waals surface area contributed by atoms with Crippen LogP contribution in [0.1, 0.15) is 56.6 Å². The van der Waals surface area contributed by atoms with Crippen molar-refractivity contribution in [2.24, 2.45) is 11.8 Å². The van der Waals surface area contributed by atoms with Crippen molar-refractivity contribution >= 4 is 6.09 Å². The van der Waals surface area contributed by atoms with Crippen LogP contribution in [0.4, 0.5) is 4.79 Å². The molecule has 0 radical (unpaired) electrons. The summed E-state index contributed by atoms with van der Waals surface area (Å²) in [5.41, 5.74) is 2.51. The summed E-state index contributed by atoms with van der Waals surface area (Å²) < 4.78 is 1.44. The minimum absolute atomic E-state index is 0.0111. The zero-order valence-electron chi connectivity index (χ0n) is 23.2. The highest BCUT2D eigenvalue weighted by Crippen LogP contribution is 2.37. The fourth-order valence-electron chi connectivity index (χ4n) is 6.11. The minimum atomic E-state index is -0.804. The van der Waals surface area contributed by atoms with Crippen LogP contribution in [0, 0.1) is 11.8 Å². The van der Waals surface area contributed by atoms with Gasteiger partial charge in [0, 0.05) is 25.7 Å². The lowest BCUT2D eigenvalue weighted by molar-refractivity contribution is 0.103. The summed E-state index contributed by atoms with van der Waals surface area (Å²) >= 11 is 0. The summed E-state index contributed by atoms with van der Waals surface area (Å²) in [4.78, 5) is 27.9. The molecule has 2 aliphatic heterocycles. The number of amides is 1. The summed E-state index contributed by atoms with van der Waals surface area (Å²) in [5.74, 6) is 1.37. The Morgan fingerprint density at radius 1 is 0.975 bits per heavy atom. The average Bonchev–Trinajstić information content (AvgIpc) is 3.31. The first kappa shape index (κ1) is 27.8. The van der Waals surface area contributed by atoms with E-state index in [9.17, 15) is 19.8 Å². The Morgan fingerprint density at radius 2 is 1.62 bits per heavy atom. The van der Waals surface area contributed by atoms with Gasteiger partial charge in [0.2, 0.25) is 0 Å². The number of hydrogen-bond acceptors (Lipinski definition) is 6. The predicted molar refractivity (Wildman–Crippen MR) is 152 cm³/mol. The summed E-state index contributed by atoms with van der Waals surface area (Å²) in [7, 11) is 0. The number of piperidine rings is 2. The van der Waals surface area contributed by atoms with Gasteiger partial charge < -0.3 is 25.1 Å². The molecule has 0 spiro atoms. The van der Waals surface area contributed by atoms with Crippen LogP contribution in [0.15, 0.2) is 41.2 Å². The zero-order valence-corrected chi connectivity index (χ0v) is 23.2. The van der Waals surface area contributed by atoms with Crippen molar-refractivity contribution < 1.29 is 20.1 Å². The number of carboxylic acid groups (broad SMARTS) is 1. The molecule has 0 unspecified atom stereocenters. The Hall–Kier alpha value is -3.79. The Labute approximate surface area is 233 Å². The second-order valence-corrected chi connectivity index (χ2v) is 11.6. The molecule has 5 rings (SSSR count). The number of carbonyl (C=O) groups is 1. The van der Waals surface area contributed by atoms with Crippen LogP contribution in [-0.4, -0.2) is 78.7 Å². The number of benzene rings is 2. The van der Waals surface area contributed by atoms with Crippen molar-refractivity contribution in [2.45, 2.75) is 51.9 Å². The highest BCUT2D eigenvalue weighted by Gasteiger charge is 2.26. The molecule has 40 heavy (non-hydrogen) atoms. The molecular formula is C30H39N5O5. The van der Waals surface area contributed by atoms with Gasteiger partial charge in [-0.1, -0.05) is 26.0 Å². The second-order valence-electron chi connectivity index (χ2n) is 11.6. The number of likely N-dealkylation sites (tertiary alicyclic amines) is 2. The molecule has 0 atom stereocenters. The average molecular weight is 550 g/mol. The number of rotatable bonds is 7. The number of nitrogens with one attached hydrogen (secondary N) is 1. The number of aromatic amines is 1. The van der Waals surface area contributed by atoms with E-state index >= 15 is 0 Å². The third kappa shape index (κ3) is 6.01. The largest absolute Gasteiger partial charge is 0.508 e. The van der Waals surface area contributed by atoms with E-state index in [1.807, 2.05) is 26.0 Å². The zero-order chi connectivity index (χ0) is 28.4. The van der Waals surface area contributed by atoms with Crippen molar-refractivity contribution in [3.8, 4) is 28.6 Å². The van der Waals surface area contributed by atoms with Gasteiger partial charge in [-0.2, -0.15) is 5.10 Å². The van der Waals surface area contributed by atoms with Gasteiger partial charge in [-0.05, 0) is 92.3 Å². The van der Waals surface area contributed by atoms with Crippen molar-refractivity contribution in [1.29, 1.82) is 0 Å². The quantitative estimate of drug-likeness (QED) is 0.343. The van der Waals surface area contributed by atoms with Gasteiger partial charge >= 0.3 is 11.8 Å². The molecule has 1 aromatic heterocycles. The fourth-order valence-corrected chi connectivity index (χ4v) is 6.11. The van der Waals surface area contributed by atoms with Crippen molar-refractivity contribution in [3.63, 3.8) is 0 Å². The van der Waals surface area contributed by atoms with E-state index < -0.39 is 11.8 Å². The van der Waals surface area contributed by atoms with Crippen LogP contribution in [0.3, 0.4) is 0 Å². The Morgan fingerprint density at radius 3 is 2.25 bits per heavy atom. The first-order chi connectivity index (χ1) is 19.2.